The van der Waals surface area contributed by atoms with Gasteiger partial charge in [-0.2, -0.15) is 11.8 Å². The highest BCUT2D eigenvalue weighted by atomic mass is 32.2. The minimum atomic E-state index is -1.76. The zero-order valence-corrected chi connectivity index (χ0v) is 70.4. The van der Waals surface area contributed by atoms with Gasteiger partial charge in [0.2, 0.25) is 41.4 Å². The number of amides is 7. The summed E-state index contributed by atoms with van der Waals surface area (Å²) in [5.74, 6) is -7.92. The number of hydrogen-bond acceptors (Lipinski definition) is 19. The third-order valence-corrected chi connectivity index (χ3v) is 21.6. The highest BCUT2D eigenvalue weighted by molar-refractivity contribution is 7.99. The summed E-state index contributed by atoms with van der Waals surface area (Å²) in [7, 11) is 0. The number of carboxylic acid groups (broad SMARTS) is 1. The molecule has 0 bridgehead atoms. The fourth-order valence-electron chi connectivity index (χ4n) is 13.3. The van der Waals surface area contributed by atoms with Crippen molar-refractivity contribution in [2.75, 3.05) is 57.5 Å². The van der Waals surface area contributed by atoms with Crippen molar-refractivity contribution in [1.29, 1.82) is 0 Å². The normalized spacial score (nSPS) is 13.5. The first-order chi connectivity index (χ1) is 53.9. The number of aliphatic hydroxyl groups is 2. The molecule has 0 aromatic heterocycles. The van der Waals surface area contributed by atoms with Gasteiger partial charge < -0.3 is 84.9 Å². The second kappa shape index (κ2) is 76.1. The van der Waals surface area contributed by atoms with E-state index in [1.54, 1.807) is 0 Å². The van der Waals surface area contributed by atoms with Crippen molar-refractivity contribution in [2.24, 2.45) is 22.9 Å². The molecule has 26 nitrogen and oxygen atoms in total. The molecular formula is C84H161N11O15S. The number of aliphatic carboxylic acids is 1. The SMILES string of the molecule is CCCCCCCCCCCCCCCC(=O)N[C@@H](CSCC(COC(=O)CCCCCCCCCCCCCCC)OC(=O)CCCCCCCCCCCCCCC)C(=O)N[C@@H](CO)C(=O)N[C@@H](CO)C(=O)N[C@@H](CCCCN)C(=O)N[C@@H](CCCCN)C(=O)N[C@@H](CCCCN)C(=O)N[C@@H](CCCCN)C(=O)O. The number of carboxylic acids is 1. The Labute approximate surface area is 674 Å². The summed E-state index contributed by atoms with van der Waals surface area (Å²) < 4.78 is 11.7. The zero-order chi connectivity index (χ0) is 82.0. The van der Waals surface area contributed by atoms with Crippen LogP contribution in [0.3, 0.4) is 0 Å². The number of ether oxygens (including phenoxy) is 2. The number of thioether (sulfide) groups is 1. The Kier molecular flexibility index (Phi) is 72.6. The molecule has 0 spiro atoms. The lowest BCUT2D eigenvalue weighted by Crippen LogP contribution is -2.61. The van der Waals surface area contributed by atoms with Crippen molar-refractivity contribution >= 4 is 71.0 Å². The maximum Gasteiger partial charge on any atom is 0.326 e. The van der Waals surface area contributed by atoms with Gasteiger partial charge in [0, 0.05) is 30.8 Å². The number of esters is 2. The molecule has 0 saturated heterocycles. The summed E-state index contributed by atoms with van der Waals surface area (Å²) in [6.45, 7) is 5.57. The summed E-state index contributed by atoms with van der Waals surface area (Å²) in [5, 5.41) is 49.4. The zero-order valence-electron chi connectivity index (χ0n) is 69.6. The van der Waals surface area contributed by atoms with E-state index in [2.05, 4.69) is 58.0 Å². The number of nitrogens with one attached hydrogen (secondary N) is 7. The molecule has 0 fully saturated rings. The molecule has 0 aromatic carbocycles. The quantitative estimate of drug-likeness (QED) is 0.0199. The molecule has 27 heteroatoms. The Morgan fingerprint density at radius 3 is 0.865 bits per heavy atom. The van der Waals surface area contributed by atoms with Gasteiger partial charge in [0.25, 0.3) is 0 Å². The molecule has 648 valence electrons. The molecular weight excluding hydrogens is 1440 g/mol. The Balaban J connectivity index is 6.64. The third kappa shape index (κ3) is 61.0. The van der Waals surface area contributed by atoms with Crippen LogP contribution in [0.2, 0.25) is 0 Å². The largest absolute Gasteiger partial charge is 0.480 e. The van der Waals surface area contributed by atoms with Crippen LogP contribution >= 0.6 is 11.8 Å². The average molecular weight is 1600 g/mol. The fraction of sp³-hybridized carbons (Fsp3) is 0.881. The van der Waals surface area contributed by atoms with Crippen LogP contribution in [0.1, 0.15) is 367 Å². The van der Waals surface area contributed by atoms with E-state index < -0.39 is 121 Å². The van der Waals surface area contributed by atoms with E-state index in [4.69, 9.17) is 32.4 Å². The van der Waals surface area contributed by atoms with E-state index in [0.29, 0.717) is 83.7 Å². The number of unbranched alkanes of at least 4 members (excludes halogenated alkanes) is 40. The molecule has 0 aromatic rings. The number of aliphatic hydroxyl groups excluding tert-OH is 2. The first-order valence-corrected chi connectivity index (χ1v) is 45.3. The monoisotopic (exact) mass is 1600 g/mol. The topological polar surface area (TPSA) is 438 Å². The third-order valence-electron chi connectivity index (χ3n) is 20.4. The van der Waals surface area contributed by atoms with Crippen LogP contribution in [0, 0.1) is 0 Å². The van der Waals surface area contributed by atoms with Gasteiger partial charge in [0.05, 0.1) is 13.2 Å². The number of rotatable bonds is 81. The van der Waals surface area contributed by atoms with Gasteiger partial charge in [0.1, 0.15) is 55.0 Å². The van der Waals surface area contributed by atoms with Crippen LogP contribution in [-0.4, -0.2) is 180 Å². The Hall–Kier alpha value is -5.19. The maximum atomic E-state index is 14.4. The number of carbonyl (C=O) groups excluding carboxylic acids is 9. The van der Waals surface area contributed by atoms with E-state index in [-0.39, 0.29) is 76.1 Å². The minimum Gasteiger partial charge on any atom is -0.480 e. The predicted molar refractivity (Wildman–Crippen MR) is 446 cm³/mol. The molecule has 0 aliphatic rings. The lowest BCUT2D eigenvalue weighted by Gasteiger charge is -2.27. The second-order valence-electron chi connectivity index (χ2n) is 30.6. The van der Waals surface area contributed by atoms with Crippen LogP contribution in [0.5, 0.6) is 0 Å². The van der Waals surface area contributed by atoms with Crippen molar-refractivity contribution < 1.29 is 72.7 Å². The van der Waals surface area contributed by atoms with E-state index in [1.165, 1.54) is 161 Å². The van der Waals surface area contributed by atoms with Crippen molar-refractivity contribution in [3.8, 4) is 0 Å². The van der Waals surface area contributed by atoms with Gasteiger partial charge in [-0.25, -0.2) is 4.79 Å². The van der Waals surface area contributed by atoms with Gasteiger partial charge in [0.15, 0.2) is 0 Å². The summed E-state index contributed by atoms with van der Waals surface area (Å²) in [6, 6.07) is -9.94. The first-order valence-electron chi connectivity index (χ1n) is 44.2. The Morgan fingerprint density at radius 2 is 0.559 bits per heavy atom. The predicted octanol–water partition coefficient (Wildman–Crippen LogP) is 11.6. The standard InChI is InChI=1S/C84H161N11O15S/c1-4-7-10-13-16-19-22-25-28-31-34-37-40-55-75(98)89-74(66-111-65-67(110-77(100)57-42-39-36-33-30-27-24-21-18-15-12-9-6-3)64-109-76(99)56-41-38-35-32-29-26-23-20-17-14-11-8-5-2)83(106)95-73(63-97)82(105)94-72(62-96)81(104)92-69(52-44-48-59-86)79(102)90-68(51-43-47-58-85)78(101)91-70(53-45-49-60-87)80(103)93-71(84(107)108)54-46-50-61-88/h67-74,96-97H,4-66,85-88H2,1-3H3,(H,89,98)(H,90,102)(H,91,101)(H,92,104)(H,93,103)(H,94,105)(H,95,106)(H,107,108)/t67?,68-,69-,70-,71-,72-,73-,74-/m0/s1. The molecule has 0 rings (SSSR count). The van der Waals surface area contributed by atoms with E-state index >= 15 is 0 Å². The maximum absolute atomic E-state index is 14.4. The minimum absolute atomic E-state index is 0.0178. The molecule has 111 heavy (non-hydrogen) atoms. The van der Waals surface area contributed by atoms with Crippen LogP contribution in [-0.2, 0) is 57.4 Å². The van der Waals surface area contributed by atoms with Gasteiger partial charge in [-0.15, -0.1) is 0 Å². The van der Waals surface area contributed by atoms with Crippen LogP contribution in [0.4, 0.5) is 0 Å². The van der Waals surface area contributed by atoms with E-state index in [0.717, 1.165) is 82.4 Å². The summed E-state index contributed by atoms with van der Waals surface area (Å²) in [4.78, 5) is 137. The van der Waals surface area contributed by atoms with Crippen molar-refractivity contribution in [3.05, 3.63) is 0 Å². The van der Waals surface area contributed by atoms with Gasteiger partial charge in [-0.3, -0.25) is 43.2 Å². The van der Waals surface area contributed by atoms with Crippen LogP contribution in [0.15, 0.2) is 0 Å². The first kappa shape index (κ1) is 106. The molecule has 7 amide bonds. The van der Waals surface area contributed by atoms with Gasteiger partial charge in [-0.1, -0.05) is 252 Å². The lowest BCUT2D eigenvalue weighted by molar-refractivity contribution is -0.157. The van der Waals surface area contributed by atoms with Crippen LogP contribution < -0.4 is 60.2 Å². The van der Waals surface area contributed by atoms with Crippen molar-refractivity contribution in [3.63, 3.8) is 0 Å². The van der Waals surface area contributed by atoms with Crippen LogP contribution in [0.25, 0.3) is 0 Å². The fourth-order valence-corrected chi connectivity index (χ4v) is 14.4. The number of nitrogens with two attached hydrogens (primary N) is 4. The highest BCUT2D eigenvalue weighted by Crippen LogP contribution is 2.20. The van der Waals surface area contributed by atoms with E-state index in [1.807, 2.05) is 0 Å². The summed E-state index contributed by atoms with van der Waals surface area (Å²) in [6.07, 6.45) is 47.7. The molecule has 18 N–H and O–H groups in total. The molecule has 8 atom stereocenters. The highest BCUT2D eigenvalue weighted by Gasteiger charge is 2.35. The molecule has 0 saturated carbocycles. The van der Waals surface area contributed by atoms with E-state index in [9.17, 15) is 63.3 Å². The summed E-state index contributed by atoms with van der Waals surface area (Å²) in [5.41, 5.74) is 23.0. The number of hydrogen-bond donors (Lipinski definition) is 14. The van der Waals surface area contributed by atoms with Gasteiger partial charge >= 0.3 is 17.9 Å². The molecule has 0 aliphatic carbocycles. The van der Waals surface area contributed by atoms with Gasteiger partial charge in [-0.05, 0) is 122 Å². The Morgan fingerprint density at radius 1 is 0.297 bits per heavy atom. The molecule has 0 aliphatic heterocycles. The molecule has 0 radical (unpaired) electrons. The van der Waals surface area contributed by atoms with Crippen molar-refractivity contribution in [2.45, 2.75) is 416 Å². The second-order valence-corrected chi connectivity index (χ2v) is 31.7. The smallest absolute Gasteiger partial charge is 0.326 e. The lowest BCUT2D eigenvalue weighted by atomic mass is 10.0. The summed E-state index contributed by atoms with van der Waals surface area (Å²) >= 11 is 1.16. The van der Waals surface area contributed by atoms with Crippen molar-refractivity contribution in [1.82, 2.24) is 37.2 Å². The Bertz CT molecular complexity index is 2370. The number of carbonyl (C=O) groups is 10. The molecule has 1 unspecified atom stereocenters. The average Bonchev–Trinajstić information content (AvgIpc) is 0.865. The molecule has 0 heterocycles.